The molecular weight excluding hydrogens is 412 g/mol. The molecule has 5 rings (SSSR count). The van der Waals surface area contributed by atoms with Crippen molar-refractivity contribution in [2.45, 2.75) is 49.3 Å². The number of rotatable bonds is 5. The zero-order valence-corrected chi connectivity index (χ0v) is 18.5. The number of benzene rings is 2. The molecule has 1 saturated heterocycles. The molecule has 1 aliphatic heterocycles. The van der Waals surface area contributed by atoms with Crippen molar-refractivity contribution >= 4 is 15.9 Å². The average Bonchev–Trinajstić information content (AvgIpc) is 3.38. The highest BCUT2D eigenvalue weighted by molar-refractivity contribution is 7.89. The molecule has 2 bridgehead atoms. The van der Waals surface area contributed by atoms with Gasteiger partial charge in [-0.05, 0) is 74.3 Å². The molecule has 2 aromatic rings. The number of fused-ring (bicyclic) bond motifs is 1. The molecule has 3 aliphatic rings. The van der Waals surface area contributed by atoms with Crippen LogP contribution < -0.4 is 5.32 Å². The van der Waals surface area contributed by atoms with Gasteiger partial charge in [0.25, 0.3) is 5.91 Å². The number of hydrogen-bond donors (Lipinski definition) is 2. The van der Waals surface area contributed by atoms with E-state index >= 15 is 0 Å². The maximum atomic E-state index is 13.3. The molecule has 2 aromatic carbocycles. The molecule has 0 unspecified atom stereocenters. The molecule has 1 amide bonds. The van der Waals surface area contributed by atoms with Crippen molar-refractivity contribution in [1.29, 1.82) is 0 Å². The van der Waals surface area contributed by atoms with Crippen molar-refractivity contribution < 1.29 is 18.3 Å². The zero-order valence-electron chi connectivity index (χ0n) is 17.7. The third-order valence-electron chi connectivity index (χ3n) is 7.45. The lowest BCUT2D eigenvalue weighted by Gasteiger charge is -2.28. The topological polar surface area (TPSA) is 86.7 Å². The largest absolute Gasteiger partial charge is 0.391 e. The van der Waals surface area contributed by atoms with Crippen LogP contribution in [0.3, 0.4) is 0 Å². The molecule has 0 spiro atoms. The Kier molecular flexibility index (Phi) is 4.77. The van der Waals surface area contributed by atoms with E-state index in [2.05, 4.69) is 5.32 Å². The summed E-state index contributed by atoms with van der Waals surface area (Å²) in [5.74, 6) is 0.615. The Balaban J connectivity index is 1.34. The van der Waals surface area contributed by atoms with E-state index in [9.17, 15) is 18.3 Å². The quantitative estimate of drug-likeness (QED) is 0.749. The van der Waals surface area contributed by atoms with Crippen molar-refractivity contribution in [3.8, 4) is 0 Å². The van der Waals surface area contributed by atoms with Crippen molar-refractivity contribution in [2.75, 3.05) is 6.54 Å². The molecule has 2 N–H and O–H groups in total. The Bertz CT molecular complexity index is 1100. The number of sulfonamides is 1. The van der Waals surface area contributed by atoms with E-state index in [4.69, 9.17) is 0 Å². The van der Waals surface area contributed by atoms with Crippen LogP contribution in [-0.2, 0) is 15.6 Å². The van der Waals surface area contributed by atoms with Gasteiger partial charge in [0, 0.05) is 12.1 Å². The highest BCUT2D eigenvalue weighted by atomic mass is 32.2. The summed E-state index contributed by atoms with van der Waals surface area (Å²) in [6.07, 6.45) is 1.28. The second kappa shape index (κ2) is 7.15. The summed E-state index contributed by atoms with van der Waals surface area (Å²) in [5, 5.41) is 13.6. The number of amides is 1. The standard InChI is InChI=1S/C24H28N2O4S/c1-24(2,18-6-4-3-5-7-18)25-23(28)15-8-10-19(11-9-15)31(29,30)26-14-17-12-16-13-20(17)21(26)22(16)27/h3-11,16-17,20-22,27H,12-14H2,1-2H3,(H,25,28)/t16-,17-,20+,21+,22-/m0/s1. The maximum Gasteiger partial charge on any atom is 0.251 e. The van der Waals surface area contributed by atoms with Crippen LogP contribution in [0.4, 0.5) is 0 Å². The smallest absolute Gasteiger partial charge is 0.251 e. The van der Waals surface area contributed by atoms with Crippen LogP contribution in [0.2, 0.25) is 0 Å². The van der Waals surface area contributed by atoms with Gasteiger partial charge in [-0.25, -0.2) is 8.42 Å². The number of aliphatic hydroxyl groups excluding tert-OH is 1. The van der Waals surface area contributed by atoms with Gasteiger partial charge in [0.15, 0.2) is 0 Å². The number of carbonyl (C=O) groups excluding carboxylic acids is 1. The second-order valence-electron chi connectivity index (χ2n) is 9.68. The van der Waals surface area contributed by atoms with E-state index in [1.165, 1.54) is 16.4 Å². The molecule has 1 heterocycles. The highest BCUT2D eigenvalue weighted by Crippen LogP contribution is 2.56. The van der Waals surface area contributed by atoms with Gasteiger partial charge in [-0.15, -0.1) is 0 Å². The fraction of sp³-hybridized carbons (Fsp3) is 0.458. The summed E-state index contributed by atoms with van der Waals surface area (Å²) >= 11 is 0. The van der Waals surface area contributed by atoms with E-state index in [-0.39, 0.29) is 28.7 Å². The van der Waals surface area contributed by atoms with E-state index < -0.39 is 21.7 Å². The Hall–Kier alpha value is -2.22. The maximum absolute atomic E-state index is 13.3. The molecule has 0 radical (unpaired) electrons. The van der Waals surface area contributed by atoms with Gasteiger partial charge in [-0.1, -0.05) is 30.3 Å². The number of nitrogens with zero attached hydrogens (tertiary/aromatic N) is 1. The Morgan fingerprint density at radius 2 is 1.71 bits per heavy atom. The van der Waals surface area contributed by atoms with Crippen LogP contribution in [0.25, 0.3) is 0 Å². The summed E-state index contributed by atoms with van der Waals surface area (Å²) in [7, 11) is -3.71. The molecule has 5 atom stereocenters. The third-order valence-corrected chi connectivity index (χ3v) is 9.33. The first-order valence-corrected chi connectivity index (χ1v) is 12.3. The van der Waals surface area contributed by atoms with E-state index in [1.54, 1.807) is 12.1 Å². The summed E-state index contributed by atoms with van der Waals surface area (Å²) in [5.41, 5.74) is 0.831. The fourth-order valence-corrected chi connectivity index (χ4v) is 7.57. The number of carbonyl (C=O) groups is 1. The SMILES string of the molecule is CC(C)(NC(=O)c1ccc(S(=O)(=O)N2C[C@@H]3C[C@H]4C[C@H]3[C@@H]2[C@H]4O)cc1)c1ccccc1. The van der Waals surface area contributed by atoms with Gasteiger partial charge in [-0.2, -0.15) is 4.31 Å². The first-order valence-electron chi connectivity index (χ1n) is 10.9. The monoisotopic (exact) mass is 440 g/mol. The van der Waals surface area contributed by atoms with Crippen LogP contribution >= 0.6 is 0 Å². The first-order chi connectivity index (χ1) is 14.7. The van der Waals surface area contributed by atoms with E-state index in [1.807, 2.05) is 44.2 Å². The lowest BCUT2D eigenvalue weighted by atomic mass is 9.88. The molecule has 2 aliphatic carbocycles. The van der Waals surface area contributed by atoms with Crippen LogP contribution in [0.1, 0.15) is 42.6 Å². The summed E-state index contributed by atoms with van der Waals surface area (Å²) in [6.45, 7) is 4.35. The molecule has 164 valence electrons. The molecule has 31 heavy (non-hydrogen) atoms. The molecule has 3 fully saturated rings. The predicted molar refractivity (Wildman–Crippen MR) is 117 cm³/mol. The fourth-order valence-electron chi connectivity index (χ4n) is 5.83. The Morgan fingerprint density at radius 3 is 2.35 bits per heavy atom. The minimum absolute atomic E-state index is 0.170. The summed E-state index contributed by atoms with van der Waals surface area (Å²) in [4.78, 5) is 13.0. The molecule has 0 aromatic heterocycles. The summed E-state index contributed by atoms with van der Waals surface area (Å²) in [6, 6.07) is 15.5. The minimum Gasteiger partial charge on any atom is -0.391 e. The lowest BCUT2D eigenvalue weighted by molar-refractivity contribution is 0.0731. The number of aliphatic hydroxyl groups is 1. The predicted octanol–water partition coefficient (Wildman–Crippen LogP) is 2.74. The normalized spacial score (nSPS) is 30.0. The number of hydrogen-bond acceptors (Lipinski definition) is 4. The Labute approximate surface area is 183 Å². The van der Waals surface area contributed by atoms with E-state index in [0.29, 0.717) is 18.0 Å². The first kappa shape index (κ1) is 20.7. The molecule has 7 heteroatoms. The van der Waals surface area contributed by atoms with Gasteiger partial charge < -0.3 is 10.4 Å². The van der Waals surface area contributed by atoms with Crippen LogP contribution in [0, 0.1) is 17.8 Å². The van der Waals surface area contributed by atoms with Crippen LogP contribution in [0.15, 0.2) is 59.5 Å². The van der Waals surface area contributed by atoms with Crippen molar-refractivity contribution in [2.24, 2.45) is 17.8 Å². The molecular formula is C24H28N2O4S. The summed E-state index contributed by atoms with van der Waals surface area (Å²) < 4.78 is 28.1. The van der Waals surface area contributed by atoms with Crippen LogP contribution in [0.5, 0.6) is 0 Å². The van der Waals surface area contributed by atoms with E-state index in [0.717, 1.165) is 18.4 Å². The lowest BCUT2D eigenvalue weighted by Crippen LogP contribution is -2.43. The minimum atomic E-state index is -3.71. The second-order valence-corrected chi connectivity index (χ2v) is 11.6. The third kappa shape index (κ3) is 3.30. The van der Waals surface area contributed by atoms with Gasteiger partial charge in [-0.3, -0.25) is 4.79 Å². The van der Waals surface area contributed by atoms with Gasteiger partial charge in [0.2, 0.25) is 10.0 Å². The average molecular weight is 441 g/mol. The van der Waals surface area contributed by atoms with Gasteiger partial charge >= 0.3 is 0 Å². The molecule has 2 saturated carbocycles. The molecule has 6 nitrogen and oxygen atoms in total. The highest BCUT2D eigenvalue weighted by Gasteiger charge is 2.61. The van der Waals surface area contributed by atoms with Crippen LogP contribution in [-0.4, -0.2) is 42.4 Å². The zero-order chi connectivity index (χ0) is 22.0. The van der Waals surface area contributed by atoms with Crippen molar-refractivity contribution in [3.05, 3.63) is 65.7 Å². The van der Waals surface area contributed by atoms with Gasteiger partial charge in [0.1, 0.15) is 0 Å². The van der Waals surface area contributed by atoms with Crippen molar-refractivity contribution in [1.82, 2.24) is 9.62 Å². The Morgan fingerprint density at radius 1 is 1.03 bits per heavy atom. The number of nitrogens with one attached hydrogen (secondary N) is 1. The van der Waals surface area contributed by atoms with Crippen molar-refractivity contribution in [3.63, 3.8) is 0 Å². The van der Waals surface area contributed by atoms with Gasteiger partial charge in [0.05, 0.1) is 22.6 Å².